The molecule has 2 heterocycles. The maximum Gasteiger partial charge on any atom is 0.136 e. The highest BCUT2D eigenvalue weighted by Gasteiger charge is 2.21. The van der Waals surface area contributed by atoms with E-state index in [1.165, 1.54) is 65.1 Å². The Labute approximate surface area is 248 Å². The number of benzene rings is 7. The van der Waals surface area contributed by atoms with Crippen LogP contribution in [0.15, 0.2) is 160 Å². The number of rotatable bonds is 3. The van der Waals surface area contributed by atoms with E-state index in [-0.39, 0.29) is 0 Å². The first-order valence-electron chi connectivity index (χ1n) is 14.3. The lowest BCUT2D eigenvalue weighted by molar-refractivity contribution is 0.669. The van der Waals surface area contributed by atoms with Gasteiger partial charge in [-0.05, 0) is 80.2 Å². The van der Waals surface area contributed by atoms with Gasteiger partial charge in [0.05, 0.1) is 0 Å². The quantitative estimate of drug-likeness (QED) is 0.216. The van der Waals surface area contributed by atoms with Gasteiger partial charge < -0.3 is 4.42 Å². The van der Waals surface area contributed by atoms with Crippen LogP contribution in [0.1, 0.15) is 0 Å². The number of furan rings is 1. The molecular weight excluding hydrogens is 529 g/mol. The molecular formula is C40H24OS. The van der Waals surface area contributed by atoms with Crippen molar-refractivity contribution >= 4 is 44.5 Å². The SMILES string of the molecule is c1ccc(-c2ccccc2-c2cccc3oc4ccccc4c23)c(-c2ccc3c(c2)-c2cccc4cccc(c24)S3)c1. The van der Waals surface area contributed by atoms with Crippen LogP contribution in [0.4, 0.5) is 0 Å². The molecule has 1 aliphatic rings. The first-order valence-corrected chi connectivity index (χ1v) is 15.1. The van der Waals surface area contributed by atoms with Gasteiger partial charge in [0, 0.05) is 25.9 Å². The average molecular weight is 553 g/mol. The van der Waals surface area contributed by atoms with Gasteiger partial charge in [-0.3, -0.25) is 0 Å². The minimum Gasteiger partial charge on any atom is -0.456 e. The summed E-state index contributed by atoms with van der Waals surface area (Å²) in [4.78, 5) is 2.64. The van der Waals surface area contributed by atoms with Crippen molar-refractivity contribution in [2.75, 3.05) is 0 Å². The fourth-order valence-corrected chi connectivity index (χ4v) is 7.78. The summed E-state index contributed by atoms with van der Waals surface area (Å²) in [6.07, 6.45) is 0. The van der Waals surface area contributed by atoms with Crippen LogP contribution in [0.5, 0.6) is 0 Å². The summed E-state index contributed by atoms with van der Waals surface area (Å²) >= 11 is 1.87. The van der Waals surface area contributed by atoms with Crippen molar-refractivity contribution in [3.05, 3.63) is 146 Å². The molecule has 0 spiro atoms. The van der Waals surface area contributed by atoms with E-state index in [2.05, 4.69) is 133 Å². The molecule has 2 heteroatoms. The van der Waals surface area contributed by atoms with E-state index < -0.39 is 0 Å². The summed E-state index contributed by atoms with van der Waals surface area (Å²) in [5, 5.41) is 4.96. The lowest BCUT2D eigenvalue weighted by Crippen LogP contribution is -1.94. The molecule has 42 heavy (non-hydrogen) atoms. The molecule has 8 aromatic rings. The lowest BCUT2D eigenvalue weighted by Gasteiger charge is -2.22. The third-order valence-corrected chi connectivity index (χ3v) is 9.64. The predicted octanol–water partition coefficient (Wildman–Crippen LogP) is 11.9. The summed E-state index contributed by atoms with van der Waals surface area (Å²) in [5.74, 6) is 0. The van der Waals surface area contributed by atoms with Gasteiger partial charge in [-0.15, -0.1) is 0 Å². The third kappa shape index (κ3) is 3.52. The van der Waals surface area contributed by atoms with Crippen LogP contribution in [0, 0.1) is 0 Å². The topological polar surface area (TPSA) is 13.1 Å². The van der Waals surface area contributed by atoms with Crippen molar-refractivity contribution in [3.8, 4) is 44.5 Å². The molecule has 0 amide bonds. The molecule has 1 aliphatic heterocycles. The first kappa shape index (κ1) is 23.6. The van der Waals surface area contributed by atoms with Gasteiger partial charge in [-0.25, -0.2) is 0 Å². The summed E-state index contributed by atoms with van der Waals surface area (Å²) < 4.78 is 6.25. The van der Waals surface area contributed by atoms with Crippen molar-refractivity contribution in [2.45, 2.75) is 9.79 Å². The van der Waals surface area contributed by atoms with Crippen molar-refractivity contribution in [3.63, 3.8) is 0 Å². The van der Waals surface area contributed by atoms with E-state index in [1.54, 1.807) is 0 Å². The van der Waals surface area contributed by atoms with Gasteiger partial charge in [0.1, 0.15) is 11.2 Å². The highest BCUT2D eigenvalue weighted by Crippen LogP contribution is 2.49. The zero-order valence-electron chi connectivity index (χ0n) is 22.7. The molecule has 0 unspecified atom stereocenters. The molecule has 9 rings (SSSR count). The second-order valence-electron chi connectivity index (χ2n) is 10.8. The summed E-state index contributed by atoms with van der Waals surface area (Å²) in [7, 11) is 0. The second kappa shape index (κ2) is 9.24. The Hall–Kier alpha value is -5.05. The van der Waals surface area contributed by atoms with Crippen LogP contribution in [-0.2, 0) is 0 Å². The van der Waals surface area contributed by atoms with Crippen LogP contribution < -0.4 is 0 Å². The molecule has 0 saturated carbocycles. The van der Waals surface area contributed by atoms with Crippen molar-refractivity contribution in [1.29, 1.82) is 0 Å². The summed E-state index contributed by atoms with van der Waals surface area (Å²) in [6, 6.07) is 52.5. The smallest absolute Gasteiger partial charge is 0.136 e. The number of para-hydroxylation sites is 1. The Morgan fingerprint density at radius 2 is 0.976 bits per heavy atom. The van der Waals surface area contributed by atoms with E-state index in [0.717, 1.165) is 21.9 Å². The lowest BCUT2D eigenvalue weighted by atomic mass is 9.87. The van der Waals surface area contributed by atoms with Crippen LogP contribution in [0.2, 0.25) is 0 Å². The molecule has 1 aromatic heterocycles. The minimum atomic E-state index is 0.915. The molecule has 0 saturated heterocycles. The third-order valence-electron chi connectivity index (χ3n) is 8.50. The fraction of sp³-hybridized carbons (Fsp3) is 0. The molecule has 196 valence electrons. The van der Waals surface area contributed by atoms with Crippen LogP contribution in [0.3, 0.4) is 0 Å². The fourth-order valence-electron chi connectivity index (χ4n) is 6.65. The molecule has 1 nitrogen and oxygen atoms in total. The molecule has 0 aliphatic carbocycles. The van der Waals surface area contributed by atoms with Gasteiger partial charge in [0.2, 0.25) is 0 Å². The standard InChI is InChI=1S/C40H24OS/c1-2-13-28(29-14-3-4-15-30(29)31-18-9-20-36-40(31)33-16-5-6-19-35(33)41-36)27(12-1)26-22-23-37-34(24-26)32-17-7-10-25-11-8-21-38(42-37)39(25)32/h1-24H. The van der Waals surface area contributed by atoms with Crippen LogP contribution >= 0.6 is 11.8 Å². The summed E-state index contributed by atoms with van der Waals surface area (Å²) in [6.45, 7) is 0. The van der Waals surface area contributed by atoms with Gasteiger partial charge in [-0.1, -0.05) is 127 Å². The van der Waals surface area contributed by atoms with Crippen molar-refractivity contribution < 1.29 is 4.42 Å². The van der Waals surface area contributed by atoms with Gasteiger partial charge in [0.15, 0.2) is 0 Å². The summed E-state index contributed by atoms with van der Waals surface area (Å²) in [5.41, 5.74) is 11.7. The van der Waals surface area contributed by atoms with Crippen LogP contribution in [-0.4, -0.2) is 0 Å². The van der Waals surface area contributed by atoms with E-state index in [0.29, 0.717) is 0 Å². The Morgan fingerprint density at radius 3 is 1.81 bits per heavy atom. The number of fused-ring (bicyclic) bond motifs is 5. The molecule has 0 N–H and O–H groups in total. The van der Waals surface area contributed by atoms with Crippen molar-refractivity contribution in [1.82, 2.24) is 0 Å². The van der Waals surface area contributed by atoms with E-state index in [1.807, 2.05) is 23.9 Å². The van der Waals surface area contributed by atoms with Crippen molar-refractivity contribution in [2.24, 2.45) is 0 Å². The zero-order valence-corrected chi connectivity index (χ0v) is 23.5. The minimum absolute atomic E-state index is 0.915. The predicted molar refractivity (Wildman–Crippen MR) is 177 cm³/mol. The van der Waals surface area contributed by atoms with Crippen LogP contribution in [0.25, 0.3) is 77.2 Å². The largest absolute Gasteiger partial charge is 0.456 e. The Morgan fingerprint density at radius 1 is 0.381 bits per heavy atom. The van der Waals surface area contributed by atoms with Gasteiger partial charge in [0.25, 0.3) is 0 Å². The highest BCUT2D eigenvalue weighted by molar-refractivity contribution is 7.99. The maximum absolute atomic E-state index is 6.25. The van der Waals surface area contributed by atoms with Gasteiger partial charge >= 0.3 is 0 Å². The van der Waals surface area contributed by atoms with E-state index in [4.69, 9.17) is 4.42 Å². The Balaban J connectivity index is 1.25. The van der Waals surface area contributed by atoms with E-state index >= 15 is 0 Å². The zero-order chi connectivity index (χ0) is 27.6. The van der Waals surface area contributed by atoms with E-state index in [9.17, 15) is 0 Å². The Bertz CT molecular complexity index is 2340. The second-order valence-corrected chi connectivity index (χ2v) is 11.9. The first-order chi connectivity index (χ1) is 20.8. The van der Waals surface area contributed by atoms with Gasteiger partial charge in [-0.2, -0.15) is 0 Å². The highest BCUT2D eigenvalue weighted by atomic mass is 32.2. The number of hydrogen-bond donors (Lipinski definition) is 0. The molecule has 7 aromatic carbocycles. The molecule has 0 fully saturated rings. The average Bonchev–Trinajstić information content (AvgIpc) is 3.44. The monoisotopic (exact) mass is 552 g/mol. The maximum atomic E-state index is 6.25. The molecule has 0 bridgehead atoms. The molecule has 0 radical (unpaired) electrons. The Kier molecular flexibility index (Phi) is 5.20. The number of hydrogen-bond acceptors (Lipinski definition) is 2. The molecule has 0 atom stereocenters. The normalized spacial score (nSPS) is 12.2.